The zero-order chi connectivity index (χ0) is 12.3. The normalized spacial score (nSPS) is 20.0. The van der Waals surface area contributed by atoms with E-state index in [9.17, 15) is 0 Å². The average Bonchev–Trinajstić information content (AvgIpc) is 2.39. The molecule has 1 aromatic rings. The largest absolute Gasteiger partial charge is 0.395 e. The fourth-order valence-electron chi connectivity index (χ4n) is 1.83. The quantitative estimate of drug-likeness (QED) is 0.731. The van der Waals surface area contributed by atoms with Gasteiger partial charge in [-0.3, -0.25) is 0 Å². The zero-order valence-corrected chi connectivity index (χ0v) is 9.33. The first-order valence-electron chi connectivity index (χ1n) is 5.38. The summed E-state index contributed by atoms with van der Waals surface area (Å²) in [4.78, 5) is 6.12. The molecule has 6 heteroatoms. The van der Waals surface area contributed by atoms with Crippen LogP contribution in [0.25, 0.3) is 0 Å². The predicted molar refractivity (Wildman–Crippen MR) is 62.4 cm³/mol. The van der Waals surface area contributed by atoms with Crippen molar-refractivity contribution in [1.82, 2.24) is 4.98 Å². The van der Waals surface area contributed by atoms with Crippen LogP contribution in [0.1, 0.15) is 5.56 Å². The Bertz CT molecular complexity index is 444. The number of nitrogens with two attached hydrogens (primary N) is 1. The van der Waals surface area contributed by atoms with Gasteiger partial charge in [-0.15, -0.1) is 0 Å². The molecule has 6 nitrogen and oxygen atoms in total. The molecule has 2 heterocycles. The van der Waals surface area contributed by atoms with Gasteiger partial charge in [0.25, 0.3) is 0 Å². The molecule has 0 spiro atoms. The van der Waals surface area contributed by atoms with Gasteiger partial charge in [0.15, 0.2) is 5.82 Å². The molecule has 0 aromatic carbocycles. The third kappa shape index (κ3) is 2.30. The summed E-state index contributed by atoms with van der Waals surface area (Å²) >= 11 is 0. The first-order chi connectivity index (χ1) is 8.26. The lowest BCUT2D eigenvalue weighted by atomic mass is 10.2. The van der Waals surface area contributed by atoms with Crippen molar-refractivity contribution < 1.29 is 9.84 Å². The van der Waals surface area contributed by atoms with E-state index in [1.807, 2.05) is 11.0 Å². The fourth-order valence-corrected chi connectivity index (χ4v) is 1.83. The van der Waals surface area contributed by atoms with Gasteiger partial charge in [0.1, 0.15) is 6.07 Å². The fraction of sp³-hybridized carbons (Fsp3) is 0.455. The molecule has 0 aliphatic carbocycles. The van der Waals surface area contributed by atoms with Crippen LogP contribution in [-0.2, 0) is 4.74 Å². The topological polar surface area (TPSA) is 95.4 Å². The highest BCUT2D eigenvalue weighted by molar-refractivity contribution is 5.70. The van der Waals surface area contributed by atoms with Crippen molar-refractivity contribution in [2.24, 2.45) is 0 Å². The Kier molecular flexibility index (Phi) is 3.42. The number of nitrogens with zero attached hydrogens (tertiary/aromatic N) is 3. The molecule has 2 rings (SSSR count). The number of pyridine rings is 1. The molecule has 0 radical (unpaired) electrons. The van der Waals surface area contributed by atoms with E-state index in [0.29, 0.717) is 36.8 Å². The number of ether oxygens (including phenoxy) is 1. The Morgan fingerprint density at radius 1 is 1.71 bits per heavy atom. The highest BCUT2D eigenvalue weighted by atomic mass is 16.5. The Labute approximate surface area is 99.2 Å². The van der Waals surface area contributed by atoms with Gasteiger partial charge in [0.05, 0.1) is 30.6 Å². The lowest BCUT2D eigenvalue weighted by molar-refractivity contribution is 0.00340. The van der Waals surface area contributed by atoms with E-state index in [2.05, 4.69) is 4.98 Å². The number of nitriles is 1. The summed E-state index contributed by atoms with van der Waals surface area (Å²) < 4.78 is 5.35. The number of morpholine rings is 1. The molecule has 17 heavy (non-hydrogen) atoms. The van der Waals surface area contributed by atoms with Crippen LogP contribution < -0.4 is 10.6 Å². The van der Waals surface area contributed by atoms with E-state index in [1.54, 1.807) is 12.3 Å². The predicted octanol–water partition coefficient (Wildman–Crippen LogP) is -0.267. The average molecular weight is 234 g/mol. The van der Waals surface area contributed by atoms with Gasteiger partial charge >= 0.3 is 0 Å². The molecule has 3 N–H and O–H groups in total. The number of hydrogen-bond acceptors (Lipinski definition) is 6. The first kappa shape index (κ1) is 11.6. The summed E-state index contributed by atoms with van der Waals surface area (Å²) in [6.07, 6.45) is 1.34. The maximum Gasteiger partial charge on any atom is 0.153 e. The molecule has 1 aromatic heterocycles. The number of aliphatic hydroxyl groups excluding tert-OH is 1. The summed E-state index contributed by atoms with van der Waals surface area (Å²) in [5, 5.41) is 18.0. The number of hydrogen-bond donors (Lipinski definition) is 2. The second kappa shape index (κ2) is 4.99. The minimum atomic E-state index is -0.226. The molecule has 1 atom stereocenters. The third-order valence-corrected chi connectivity index (χ3v) is 2.73. The van der Waals surface area contributed by atoms with E-state index in [-0.39, 0.29) is 12.7 Å². The molecule has 1 unspecified atom stereocenters. The van der Waals surface area contributed by atoms with Gasteiger partial charge in [-0.05, 0) is 6.07 Å². The van der Waals surface area contributed by atoms with Crippen LogP contribution in [0, 0.1) is 11.3 Å². The smallest absolute Gasteiger partial charge is 0.153 e. The van der Waals surface area contributed by atoms with Crippen LogP contribution in [0.15, 0.2) is 12.3 Å². The van der Waals surface area contributed by atoms with E-state index in [1.165, 1.54) is 0 Å². The van der Waals surface area contributed by atoms with Crippen molar-refractivity contribution in [2.45, 2.75) is 6.10 Å². The molecule has 0 amide bonds. The number of anilines is 2. The van der Waals surface area contributed by atoms with Crippen LogP contribution in [0.5, 0.6) is 0 Å². The lowest BCUT2D eigenvalue weighted by Gasteiger charge is -2.33. The lowest BCUT2D eigenvalue weighted by Crippen LogP contribution is -2.44. The molecular formula is C11H14N4O2. The molecule has 1 saturated heterocycles. The minimum Gasteiger partial charge on any atom is -0.395 e. The van der Waals surface area contributed by atoms with E-state index >= 15 is 0 Å². The molecular weight excluding hydrogens is 220 g/mol. The Morgan fingerprint density at radius 3 is 3.24 bits per heavy atom. The summed E-state index contributed by atoms with van der Waals surface area (Å²) in [5.41, 5.74) is 6.68. The van der Waals surface area contributed by atoms with Crippen molar-refractivity contribution >= 4 is 11.5 Å². The standard InChI is InChI=1S/C11H14N4O2/c12-5-8-1-2-14-11(10(8)13)15-3-4-17-9(6-15)7-16/h1-2,9,16H,3-4,6-7,13H2. The van der Waals surface area contributed by atoms with Crippen molar-refractivity contribution in [1.29, 1.82) is 5.26 Å². The number of nitrogen functional groups attached to an aromatic ring is 1. The maximum absolute atomic E-state index is 9.07. The van der Waals surface area contributed by atoms with Gasteiger partial charge in [-0.2, -0.15) is 5.26 Å². The van der Waals surface area contributed by atoms with E-state index in [0.717, 1.165) is 0 Å². The first-order valence-corrected chi connectivity index (χ1v) is 5.38. The SMILES string of the molecule is N#Cc1ccnc(N2CCOC(CO)C2)c1N. The van der Waals surface area contributed by atoms with Crippen molar-refractivity contribution in [3.8, 4) is 6.07 Å². The molecule has 90 valence electrons. The van der Waals surface area contributed by atoms with Crippen molar-refractivity contribution in [3.05, 3.63) is 17.8 Å². The maximum atomic E-state index is 9.07. The van der Waals surface area contributed by atoms with Crippen LogP contribution in [0.3, 0.4) is 0 Å². The van der Waals surface area contributed by atoms with Gasteiger partial charge < -0.3 is 20.5 Å². The van der Waals surface area contributed by atoms with Crippen molar-refractivity contribution in [3.63, 3.8) is 0 Å². The third-order valence-electron chi connectivity index (χ3n) is 2.73. The van der Waals surface area contributed by atoms with E-state index in [4.69, 9.17) is 20.8 Å². The summed E-state index contributed by atoms with van der Waals surface area (Å²) in [5.74, 6) is 0.589. The molecule has 1 fully saturated rings. The van der Waals surface area contributed by atoms with Crippen LogP contribution >= 0.6 is 0 Å². The Hall–Kier alpha value is -1.84. The Morgan fingerprint density at radius 2 is 2.53 bits per heavy atom. The van der Waals surface area contributed by atoms with Crippen LogP contribution in [-0.4, -0.2) is 42.5 Å². The van der Waals surface area contributed by atoms with Crippen LogP contribution in [0.4, 0.5) is 11.5 Å². The molecule has 0 saturated carbocycles. The van der Waals surface area contributed by atoms with Crippen molar-refractivity contribution in [2.75, 3.05) is 36.9 Å². The molecule has 0 bridgehead atoms. The monoisotopic (exact) mass is 234 g/mol. The van der Waals surface area contributed by atoms with Crippen LogP contribution in [0.2, 0.25) is 0 Å². The Balaban J connectivity index is 2.25. The highest BCUT2D eigenvalue weighted by Gasteiger charge is 2.22. The van der Waals surface area contributed by atoms with Gasteiger partial charge in [-0.25, -0.2) is 4.98 Å². The second-order valence-electron chi connectivity index (χ2n) is 3.83. The minimum absolute atomic E-state index is 0.0334. The molecule has 1 aliphatic heterocycles. The second-order valence-corrected chi connectivity index (χ2v) is 3.83. The van der Waals surface area contributed by atoms with Gasteiger partial charge in [-0.1, -0.05) is 0 Å². The van der Waals surface area contributed by atoms with Gasteiger partial charge in [0.2, 0.25) is 0 Å². The summed E-state index contributed by atoms with van der Waals surface area (Å²) in [6.45, 7) is 1.67. The molecule has 1 aliphatic rings. The highest BCUT2D eigenvalue weighted by Crippen LogP contribution is 2.24. The number of aliphatic hydroxyl groups is 1. The summed E-state index contributed by atoms with van der Waals surface area (Å²) in [7, 11) is 0. The summed E-state index contributed by atoms with van der Waals surface area (Å²) in [6, 6.07) is 3.61. The number of rotatable bonds is 2. The number of aromatic nitrogens is 1. The van der Waals surface area contributed by atoms with Gasteiger partial charge in [0, 0.05) is 19.3 Å². The zero-order valence-electron chi connectivity index (χ0n) is 9.33. The van der Waals surface area contributed by atoms with E-state index < -0.39 is 0 Å².